The lowest BCUT2D eigenvalue weighted by atomic mass is 10.2. The first kappa shape index (κ1) is 7.55. The molecule has 0 spiro atoms. The molecule has 0 aromatic carbocycles. The van der Waals surface area contributed by atoms with Gasteiger partial charge in [0, 0.05) is 11.8 Å². The number of nitrogens with zero attached hydrogens (tertiary/aromatic N) is 1. The molecule has 2 rings (SSSR count). The Labute approximate surface area is 70.3 Å². The highest BCUT2D eigenvalue weighted by Crippen LogP contribution is 2.21. The molecule has 3 nitrogen and oxygen atoms in total. The zero-order valence-corrected chi connectivity index (χ0v) is 6.73. The lowest BCUT2D eigenvalue weighted by Crippen LogP contribution is -2.23. The van der Waals surface area contributed by atoms with Crippen LogP contribution >= 0.6 is 0 Å². The van der Waals surface area contributed by atoms with Gasteiger partial charge in [0.05, 0.1) is 12.6 Å². The van der Waals surface area contributed by atoms with Crippen LogP contribution in [0.1, 0.15) is 18.2 Å². The average molecular weight is 165 g/mol. The molecule has 1 aliphatic rings. The zero-order valence-electron chi connectivity index (χ0n) is 6.73. The Morgan fingerprint density at radius 1 is 1.58 bits per heavy atom. The standard InChI is InChI=1S/C9H11NO2/c11-6-8-5-4-7-2-1-3-9(12)10(7)8/h1-3,8,11H,4-6H2/t8-/m1/s1. The highest BCUT2D eigenvalue weighted by Gasteiger charge is 2.20. The molecule has 0 fully saturated rings. The number of aliphatic hydroxyl groups excluding tert-OH is 1. The summed E-state index contributed by atoms with van der Waals surface area (Å²) >= 11 is 0. The van der Waals surface area contributed by atoms with E-state index in [-0.39, 0.29) is 18.2 Å². The Bertz CT molecular complexity index is 343. The van der Waals surface area contributed by atoms with Crippen LogP contribution in [0, 0.1) is 0 Å². The molecule has 0 aliphatic carbocycles. The first-order valence-electron chi connectivity index (χ1n) is 4.14. The van der Waals surface area contributed by atoms with Crippen molar-refractivity contribution >= 4 is 0 Å². The van der Waals surface area contributed by atoms with E-state index in [0.717, 1.165) is 18.5 Å². The number of rotatable bonds is 1. The fourth-order valence-electron chi connectivity index (χ4n) is 1.78. The third-order valence-corrected chi connectivity index (χ3v) is 2.38. The van der Waals surface area contributed by atoms with Crippen molar-refractivity contribution < 1.29 is 5.11 Å². The van der Waals surface area contributed by atoms with Crippen LogP contribution in [0.25, 0.3) is 0 Å². The predicted octanol–water partition coefficient (Wildman–Crippen LogP) is 0.328. The first-order valence-corrected chi connectivity index (χ1v) is 4.14. The molecule has 0 amide bonds. The number of fused-ring (bicyclic) bond motifs is 1. The molecule has 0 bridgehead atoms. The van der Waals surface area contributed by atoms with E-state index in [1.54, 1.807) is 10.6 Å². The van der Waals surface area contributed by atoms with Crippen LogP contribution < -0.4 is 5.56 Å². The maximum atomic E-state index is 11.3. The second-order valence-corrected chi connectivity index (χ2v) is 3.10. The minimum Gasteiger partial charge on any atom is -0.394 e. The van der Waals surface area contributed by atoms with Gasteiger partial charge in [-0.15, -0.1) is 0 Å². The Balaban J connectivity index is 2.56. The van der Waals surface area contributed by atoms with Crippen LogP contribution in [0.5, 0.6) is 0 Å². The maximum Gasteiger partial charge on any atom is 0.251 e. The fourth-order valence-corrected chi connectivity index (χ4v) is 1.78. The molecule has 0 unspecified atom stereocenters. The van der Waals surface area contributed by atoms with Crippen LogP contribution in [0.15, 0.2) is 23.0 Å². The van der Waals surface area contributed by atoms with E-state index < -0.39 is 0 Å². The van der Waals surface area contributed by atoms with Gasteiger partial charge in [0.25, 0.3) is 5.56 Å². The van der Waals surface area contributed by atoms with Gasteiger partial charge in [0.15, 0.2) is 0 Å². The van der Waals surface area contributed by atoms with Gasteiger partial charge in [-0.2, -0.15) is 0 Å². The molecule has 0 saturated carbocycles. The van der Waals surface area contributed by atoms with Crippen LogP contribution in [0.3, 0.4) is 0 Å². The monoisotopic (exact) mass is 165 g/mol. The van der Waals surface area contributed by atoms with Crippen molar-refractivity contribution in [3.05, 3.63) is 34.2 Å². The maximum absolute atomic E-state index is 11.3. The van der Waals surface area contributed by atoms with Gasteiger partial charge in [0.2, 0.25) is 0 Å². The SMILES string of the molecule is O=c1cccc2n1[C@@H](CO)CC2. The number of aryl methyl sites for hydroxylation is 1. The topological polar surface area (TPSA) is 42.2 Å². The van der Waals surface area contributed by atoms with Crippen molar-refractivity contribution in [1.82, 2.24) is 4.57 Å². The Kier molecular flexibility index (Phi) is 1.73. The second kappa shape index (κ2) is 2.75. The summed E-state index contributed by atoms with van der Waals surface area (Å²) in [5.41, 5.74) is 1.05. The predicted molar refractivity (Wildman–Crippen MR) is 45.1 cm³/mol. The van der Waals surface area contributed by atoms with Crippen LogP contribution in [-0.2, 0) is 6.42 Å². The van der Waals surface area contributed by atoms with Crippen molar-refractivity contribution in [2.45, 2.75) is 18.9 Å². The van der Waals surface area contributed by atoms with Gasteiger partial charge >= 0.3 is 0 Å². The third-order valence-electron chi connectivity index (χ3n) is 2.38. The molecular weight excluding hydrogens is 154 g/mol. The largest absolute Gasteiger partial charge is 0.394 e. The molecule has 0 radical (unpaired) electrons. The fraction of sp³-hybridized carbons (Fsp3) is 0.444. The lowest BCUT2D eigenvalue weighted by Gasteiger charge is -2.09. The average Bonchev–Trinajstić information content (AvgIpc) is 2.49. The van der Waals surface area contributed by atoms with Crippen LogP contribution in [0.4, 0.5) is 0 Å². The summed E-state index contributed by atoms with van der Waals surface area (Å²) < 4.78 is 1.69. The van der Waals surface area contributed by atoms with E-state index in [1.807, 2.05) is 6.07 Å². The summed E-state index contributed by atoms with van der Waals surface area (Å²) in [5, 5.41) is 8.98. The van der Waals surface area contributed by atoms with Gasteiger partial charge < -0.3 is 9.67 Å². The van der Waals surface area contributed by atoms with Crippen molar-refractivity contribution in [3.63, 3.8) is 0 Å². The summed E-state index contributed by atoms with van der Waals surface area (Å²) in [4.78, 5) is 11.3. The number of aliphatic hydroxyl groups is 1. The van der Waals surface area contributed by atoms with Crippen molar-refractivity contribution in [1.29, 1.82) is 0 Å². The molecule has 1 atom stereocenters. The first-order chi connectivity index (χ1) is 5.83. The molecule has 1 aromatic rings. The summed E-state index contributed by atoms with van der Waals surface area (Å²) in [7, 11) is 0. The van der Waals surface area contributed by atoms with Gasteiger partial charge in [-0.05, 0) is 18.9 Å². The minimum absolute atomic E-state index is 0.00375. The number of aromatic nitrogens is 1. The summed E-state index contributed by atoms with van der Waals surface area (Å²) in [6.07, 6.45) is 1.79. The van der Waals surface area contributed by atoms with Crippen LogP contribution in [0.2, 0.25) is 0 Å². The molecule has 2 heterocycles. The summed E-state index contributed by atoms with van der Waals surface area (Å²) in [5.74, 6) is 0. The number of pyridine rings is 1. The molecular formula is C9H11NO2. The molecule has 3 heteroatoms. The van der Waals surface area contributed by atoms with Gasteiger partial charge in [-0.1, -0.05) is 6.07 Å². The van der Waals surface area contributed by atoms with E-state index in [1.165, 1.54) is 6.07 Å². The van der Waals surface area contributed by atoms with Gasteiger partial charge in [0.1, 0.15) is 0 Å². The zero-order chi connectivity index (χ0) is 8.55. The van der Waals surface area contributed by atoms with Crippen LogP contribution in [-0.4, -0.2) is 16.3 Å². The molecule has 0 saturated heterocycles. The van der Waals surface area contributed by atoms with Gasteiger partial charge in [-0.25, -0.2) is 0 Å². The molecule has 1 aromatic heterocycles. The minimum atomic E-state index is 0.00375. The van der Waals surface area contributed by atoms with E-state index in [2.05, 4.69) is 0 Å². The molecule has 1 N–H and O–H groups in total. The smallest absolute Gasteiger partial charge is 0.251 e. The normalized spacial score (nSPS) is 20.9. The highest BCUT2D eigenvalue weighted by atomic mass is 16.3. The lowest BCUT2D eigenvalue weighted by molar-refractivity contribution is 0.231. The quantitative estimate of drug-likeness (QED) is 0.651. The summed E-state index contributed by atoms with van der Waals surface area (Å²) in [6.45, 7) is 0.0664. The molecule has 1 aliphatic heterocycles. The number of hydrogen-bond acceptors (Lipinski definition) is 2. The number of hydrogen-bond donors (Lipinski definition) is 1. The molecule has 12 heavy (non-hydrogen) atoms. The molecule has 64 valence electrons. The van der Waals surface area contributed by atoms with E-state index in [0.29, 0.717) is 0 Å². The van der Waals surface area contributed by atoms with E-state index in [9.17, 15) is 4.79 Å². The van der Waals surface area contributed by atoms with Crippen molar-refractivity contribution in [2.24, 2.45) is 0 Å². The van der Waals surface area contributed by atoms with Crippen molar-refractivity contribution in [2.75, 3.05) is 6.61 Å². The Morgan fingerprint density at radius 2 is 2.42 bits per heavy atom. The highest BCUT2D eigenvalue weighted by molar-refractivity contribution is 5.12. The summed E-state index contributed by atoms with van der Waals surface area (Å²) in [6, 6.07) is 5.26. The Hall–Kier alpha value is -1.09. The van der Waals surface area contributed by atoms with Crippen molar-refractivity contribution in [3.8, 4) is 0 Å². The Morgan fingerprint density at radius 3 is 3.17 bits per heavy atom. The van der Waals surface area contributed by atoms with E-state index in [4.69, 9.17) is 5.11 Å². The van der Waals surface area contributed by atoms with Gasteiger partial charge in [-0.3, -0.25) is 4.79 Å². The second-order valence-electron chi connectivity index (χ2n) is 3.10. The third kappa shape index (κ3) is 0.975. The van der Waals surface area contributed by atoms with E-state index >= 15 is 0 Å².